The molecule has 0 amide bonds. The van der Waals surface area contributed by atoms with Crippen LogP contribution in [0.25, 0.3) is 10.9 Å². The summed E-state index contributed by atoms with van der Waals surface area (Å²) < 4.78 is 4.95. The molecule has 0 aliphatic heterocycles. The molecule has 0 aliphatic rings. The molecule has 1 N–H and O–H groups in total. The number of esters is 1. The Balaban J connectivity index is 2.24. The lowest BCUT2D eigenvalue weighted by atomic mass is 10.2. The smallest absolute Gasteiger partial charge is 0.316 e. The van der Waals surface area contributed by atoms with Gasteiger partial charge in [-0.15, -0.1) is 0 Å². The van der Waals surface area contributed by atoms with Crippen LogP contribution >= 0.6 is 11.8 Å². The van der Waals surface area contributed by atoms with Gasteiger partial charge in [0, 0.05) is 11.9 Å². The van der Waals surface area contributed by atoms with Gasteiger partial charge >= 0.3 is 5.97 Å². The summed E-state index contributed by atoms with van der Waals surface area (Å²) in [6.07, 6.45) is 1.00. The number of carbonyl (C=O) groups excluding carboxylic acids is 1. The van der Waals surface area contributed by atoms with E-state index in [9.17, 15) is 4.79 Å². The van der Waals surface area contributed by atoms with Gasteiger partial charge in [0.05, 0.1) is 17.9 Å². The maximum absolute atomic E-state index is 11.5. The van der Waals surface area contributed by atoms with Crippen molar-refractivity contribution < 1.29 is 9.53 Å². The molecule has 0 fully saturated rings. The summed E-state index contributed by atoms with van der Waals surface area (Å²) in [5.74, 6) is 0.623. The van der Waals surface area contributed by atoms with E-state index in [2.05, 4.69) is 22.2 Å². The van der Waals surface area contributed by atoms with Crippen LogP contribution < -0.4 is 5.32 Å². The molecule has 0 radical (unpaired) electrons. The van der Waals surface area contributed by atoms with E-state index in [1.807, 2.05) is 24.3 Å². The topological polar surface area (TPSA) is 64.1 Å². The van der Waals surface area contributed by atoms with Crippen molar-refractivity contribution in [3.8, 4) is 0 Å². The van der Waals surface area contributed by atoms with Gasteiger partial charge in [0.1, 0.15) is 5.03 Å². The first-order valence-corrected chi connectivity index (χ1v) is 8.02. The van der Waals surface area contributed by atoms with Crippen molar-refractivity contribution in [2.24, 2.45) is 0 Å². The molecule has 0 unspecified atom stereocenters. The van der Waals surface area contributed by atoms with Gasteiger partial charge in [-0.3, -0.25) is 4.79 Å². The molecule has 0 aliphatic carbocycles. The third kappa shape index (κ3) is 4.32. The second-order valence-electron chi connectivity index (χ2n) is 4.39. The van der Waals surface area contributed by atoms with E-state index in [4.69, 9.17) is 4.74 Å². The molecule has 0 bridgehead atoms. The number of hydrogen-bond acceptors (Lipinski definition) is 6. The fourth-order valence-electron chi connectivity index (χ4n) is 1.80. The zero-order chi connectivity index (χ0) is 15.1. The Morgan fingerprint density at radius 3 is 2.86 bits per heavy atom. The van der Waals surface area contributed by atoms with Crippen LogP contribution in [0.2, 0.25) is 0 Å². The molecular formula is C15H19N3O2S. The number of para-hydroxylation sites is 1. The van der Waals surface area contributed by atoms with Crippen molar-refractivity contribution >= 4 is 34.6 Å². The van der Waals surface area contributed by atoms with Crippen LogP contribution in [0.5, 0.6) is 0 Å². The number of anilines is 1. The zero-order valence-electron chi connectivity index (χ0n) is 12.3. The molecule has 1 heterocycles. The standard InChI is InChI=1S/C15H19N3O2S/c1-3-9-16-15-17-12-8-6-5-7-11(12)14(18-15)21-10-13(19)20-4-2/h5-8H,3-4,9-10H2,1-2H3,(H,16,17,18). The minimum Gasteiger partial charge on any atom is -0.465 e. The van der Waals surface area contributed by atoms with Crippen LogP contribution in [-0.4, -0.2) is 34.8 Å². The van der Waals surface area contributed by atoms with Gasteiger partial charge in [0.15, 0.2) is 0 Å². The van der Waals surface area contributed by atoms with Crippen molar-refractivity contribution in [3.63, 3.8) is 0 Å². The number of hydrogen-bond donors (Lipinski definition) is 1. The average molecular weight is 305 g/mol. The van der Waals surface area contributed by atoms with Crippen LogP contribution in [-0.2, 0) is 9.53 Å². The van der Waals surface area contributed by atoms with E-state index in [1.165, 1.54) is 11.8 Å². The largest absolute Gasteiger partial charge is 0.465 e. The summed E-state index contributed by atoms with van der Waals surface area (Å²) in [7, 11) is 0. The summed E-state index contributed by atoms with van der Waals surface area (Å²) in [4.78, 5) is 20.5. The SMILES string of the molecule is CCCNc1nc(SCC(=O)OCC)c2ccccc2n1. The van der Waals surface area contributed by atoms with Crippen LogP contribution in [0.1, 0.15) is 20.3 Å². The molecule has 2 aromatic rings. The normalized spacial score (nSPS) is 10.6. The number of thioether (sulfide) groups is 1. The number of fused-ring (bicyclic) bond motifs is 1. The second kappa shape index (κ2) is 7.83. The fraction of sp³-hybridized carbons (Fsp3) is 0.400. The Bertz CT molecular complexity index is 619. The lowest BCUT2D eigenvalue weighted by molar-refractivity contribution is -0.139. The molecule has 21 heavy (non-hydrogen) atoms. The van der Waals surface area contributed by atoms with Crippen molar-refractivity contribution in [1.82, 2.24) is 9.97 Å². The summed E-state index contributed by atoms with van der Waals surface area (Å²) in [5.41, 5.74) is 0.873. The predicted octanol–water partition coefficient (Wildman–Crippen LogP) is 3.11. The number of rotatable bonds is 7. The van der Waals surface area contributed by atoms with Crippen molar-refractivity contribution in [1.29, 1.82) is 0 Å². The van der Waals surface area contributed by atoms with E-state index in [-0.39, 0.29) is 11.7 Å². The molecule has 0 spiro atoms. The highest BCUT2D eigenvalue weighted by atomic mass is 32.2. The Morgan fingerprint density at radius 2 is 2.10 bits per heavy atom. The predicted molar refractivity (Wildman–Crippen MR) is 85.7 cm³/mol. The van der Waals surface area contributed by atoms with Gasteiger partial charge in [-0.1, -0.05) is 36.9 Å². The van der Waals surface area contributed by atoms with Crippen LogP contribution in [0.4, 0.5) is 5.95 Å². The number of carbonyl (C=O) groups is 1. The first kappa shape index (κ1) is 15.6. The first-order chi connectivity index (χ1) is 10.2. The van der Waals surface area contributed by atoms with Crippen molar-refractivity contribution in [2.45, 2.75) is 25.3 Å². The maximum Gasteiger partial charge on any atom is 0.316 e. The van der Waals surface area contributed by atoms with Crippen molar-refractivity contribution in [3.05, 3.63) is 24.3 Å². The van der Waals surface area contributed by atoms with Crippen LogP contribution in [0.3, 0.4) is 0 Å². The molecule has 0 atom stereocenters. The third-order valence-corrected chi connectivity index (χ3v) is 3.70. The van der Waals surface area contributed by atoms with E-state index in [0.717, 1.165) is 28.9 Å². The molecule has 1 aromatic heterocycles. The second-order valence-corrected chi connectivity index (χ2v) is 5.35. The summed E-state index contributed by atoms with van der Waals surface area (Å²) in [6.45, 7) is 5.10. The minimum atomic E-state index is -0.228. The molecule has 6 heteroatoms. The molecule has 2 rings (SSSR count). The number of benzene rings is 1. The summed E-state index contributed by atoms with van der Waals surface area (Å²) in [6, 6.07) is 7.80. The third-order valence-electron chi connectivity index (χ3n) is 2.73. The van der Waals surface area contributed by atoms with E-state index < -0.39 is 0 Å². The number of nitrogens with zero attached hydrogens (tertiary/aromatic N) is 2. The number of ether oxygens (including phenoxy) is 1. The van der Waals surface area contributed by atoms with E-state index in [1.54, 1.807) is 6.92 Å². The van der Waals surface area contributed by atoms with Gasteiger partial charge in [-0.25, -0.2) is 9.97 Å². The number of aromatic nitrogens is 2. The molecular weight excluding hydrogens is 286 g/mol. The number of nitrogens with one attached hydrogen (secondary N) is 1. The van der Waals surface area contributed by atoms with Gasteiger partial charge < -0.3 is 10.1 Å². The Labute approximate surface area is 128 Å². The monoisotopic (exact) mass is 305 g/mol. The van der Waals surface area contributed by atoms with Crippen LogP contribution in [0.15, 0.2) is 29.3 Å². The molecule has 0 saturated carbocycles. The first-order valence-electron chi connectivity index (χ1n) is 7.03. The fourth-order valence-corrected chi connectivity index (χ4v) is 2.62. The minimum absolute atomic E-state index is 0.228. The lowest BCUT2D eigenvalue weighted by Gasteiger charge is -2.09. The lowest BCUT2D eigenvalue weighted by Crippen LogP contribution is -2.08. The van der Waals surface area contributed by atoms with Crippen molar-refractivity contribution in [2.75, 3.05) is 24.2 Å². The zero-order valence-corrected chi connectivity index (χ0v) is 13.1. The average Bonchev–Trinajstić information content (AvgIpc) is 2.51. The van der Waals surface area contributed by atoms with Gasteiger partial charge in [-0.05, 0) is 19.4 Å². The van der Waals surface area contributed by atoms with Gasteiger partial charge in [0.2, 0.25) is 5.95 Å². The quantitative estimate of drug-likeness (QED) is 0.482. The van der Waals surface area contributed by atoms with E-state index in [0.29, 0.717) is 12.6 Å². The van der Waals surface area contributed by atoms with E-state index >= 15 is 0 Å². The molecule has 0 saturated heterocycles. The van der Waals surface area contributed by atoms with Gasteiger partial charge in [0.25, 0.3) is 0 Å². The summed E-state index contributed by atoms with van der Waals surface area (Å²) >= 11 is 1.38. The highest BCUT2D eigenvalue weighted by molar-refractivity contribution is 8.00. The highest BCUT2D eigenvalue weighted by Crippen LogP contribution is 2.26. The van der Waals surface area contributed by atoms with Gasteiger partial charge in [-0.2, -0.15) is 0 Å². The Morgan fingerprint density at radius 1 is 1.29 bits per heavy atom. The Hall–Kier alpha value is -1.82. The van der Waals surface area contributed by atoms with Crippen LogP contribution in [0, 0.1) is 0 Å². The molecule has 1 aromatic carbocycles. The summed E-state index contributed by atoms with van der Waals surface area (Å²) in [5, 5.41) is 4.94. The molecule has 112 valence electrons. The highest BCUT2D eigenvalue weighted by Gasteiger charge is 2.10. The Kier molecular flexibility index (Phi) is 5.80. The molecule has 5 nitrogen and oxygen atoms in total. The maximum atomic E-state index is 11.5.